The van der Waals surface area contributed by atoms with Gasteiger partial charge in [-0.2, -0.15) is 0 Å². The van der Waals surface area contributed by atoms with E-state index in [2.05, 4.69) is 21.7 Å². The van der Waals surface area contributed by atoms with Crippen LogP contribution in [-0.2, 0) is 12.3 Å². The highest BCUT2D eigenvalue weighted by Crippen LogP contribution is 2.32. The van der Waals surface area contributed by atoms with E-state index in [1.165, 1.54) is 0 Å². The number of aromatic nitrogens is 3. The number of rotatable bonds is 6. The number of benzene rings is 2. The molecule has 0 aliphatic rings. The van der Waals surface area contributed by atoms with Crippen LogP contribution in [0.15, 0.2) is 47.6 Å². The second-order valence-corrected chi connectivity index (χ2v) is 7.04. The molecule has 0 saturated carbocycles. The molecule has 2 aromatic carbocycles. The van der Waals surface area contributed by atoms with E-state index in [1.54, 1.807) is 18.9 Å². The largest absolute Gasteiger partial charge is 0.496 e. The van der Waals surface area contributed by atoms with E-state index in [4.69, 9.17) is 27.9 Å². The Kier molecular flexibility index (Phi) is 5.89. The second kappa shape index (κ2) is 8.13. The number of para-hydroxylation sites is 1. The van der Waals surface area contributed by atoms with E-state index >= 15 is 0 Å². The van der Waals surface area contributed by atoms with Crippen LogP contribution in [0.2, 0.25) is 10.0 Å². The summed E-state index contributed by atoms with van der Waals surface area (Å²) in [5.74, 6) is 2.32. The zero-order chi connectivity index (χ0) is 17.8. The van der Waals surface area contributed by atoms with Crippen molar-refractivity contribution < 1.29 is 4.74 Å². The molecular weight excluding hydrogens is 377 g/mol. The minimum atomic E-state index is 0.561. The minimum absolute atomic E-state index is 0.561. The monoisotopic (exact) mass is 393 g/mol. The van der Waals surface area contributed by atoms with Gasteiger partial charge < -0.3 is 9.30 Å². The second-order valence-electron chi connectivity index (χ2n) is 5.29. The summed E-state index contributed by atoms with van der Waals surface area (Å²) < 4.78 is 7.53. The predicted molar refractivity (Wildman–Crippen MR) is 104 cm³/mol. The third kappa shape index (κ3) is 3.94. The summed E-state index contributed by atoms with van der Waals surface area (Å²) in [5, 5.41) is 10.7. The topological polar surface area (TPSA) is 39.9 Å². The number of hydrogen-bond acceptors (Lipinski definition) is 4. The SMILES string of the molecule is CCn1c(SCc2ccc(Cl)c(Cl)c2)nnc1-c1ccccc1OC. The molecule has 1 heterocycles. The molecule has 0 spiro atoms. The fourth-order valence-electron chi connectivity index (χ4n) is 2.49. The smallest absolute Gasteiger partial charge is 0.191 e. The molecule has 130 valence electrons. The van der Waals surface area contributed by atoms with Crippen molar-refractivity contribution in [1.82, 2.24) is 14.8 Å². The number of ether oxygens (including phenoxy) is 1. The van der Waals surface area contributed by atoms with Crippen LogP contribution in [0, 0.1) is 0 Å². The fraction of sp³-hybridized carbons (Fsp3) is 0.222. The molecule has 3 rings (SSSR count). The van der Waals surface area contributed by atoms with Gasteiger partial charge in [0.1, 0.15) is 5.75 Å². The Morgan fingerprint density at radius 3 is 2.60 bits per heavy atom. The van der Waals surface area contributed by atoms with Crippen molar-refractivity contribution in [3.8, 4) is 17.1 Å². The number of methoxy groups -OCH3 is 1. The molecule has 0 amide bonds. The van der Waals surface area contributed by atoms with Gasteiger partial charge in [-0.1, -0.05) is 53.2 Å². The molecule has 3 aromatic rings. The molecule has 0 radical (unpaired) electrons. The van der Waals surface area contributed by atoms with E-state index in [0.717, 1.165) is 40.2 Å². The quantitative estimate of drug-likeness (QED) is 0.513. The lowest BCUT2D eigenvalue weighted by molar-refractivity contribution is 0.416. The minimum Gasteiger partial charge on any atom is -0.496 e. The van der Waals surface area contributed by atoms with Crippen LogP contribution in [0.4, 0.5) is 0 Å². The van der Waals surface area contributed by atoms with Gasteiger partial charge in [-0.05, 0) is 36.8 Å². The Hall–Kier alpha value is -1.69. The molecule has 0 atom stereocenters. The lowest BCUT2D eigenvalue weighted by atomic mass is 10.2. The molecule has 4 nitrogen and oxygen atoms in total. The van der Waals surface area contributed by atoms with Gasteiger partial charge in [0, 0.05) is 12.3 Å². The highest BCUT2D eigenvalue weighted by atomic mass is 35.5. The molecule has 7 heteroatoms. The maximum atomic E-state index is 6.08. The summed E-state index contributed by atoms with van der Waals surface area (Å²) in [7, 11) is 1.66. The van der Waals surface area contributed by atoms with Gasteiger partial charge in [0.05, 0.1) is 22.7 Å². The lowest BCUT2D eigenvalue weighted by Gasteiger charge is -2.10. The van der Waals surface area contributed by atoms with Gasteiger partial charge >= 0.3 is 0 Å². The van der Waals surface area contributed by atoms with Gasteiger partial charge in [0.15, 0.2) is 11.0 Å². The van der Waals surface area contributed by atoms with Crippen LogP contribution in [0.1, 0.15) is 12.5 Å². The number of hydrogen-bond donors (Lipinski definition) is 0. The van der Waals surface area contributed by atoms with Crippen molar-refractivity contribution in [2.45, 2.75) is 24.4 Å². The van der Waals surface area contributed by atoms with E-state index in [-0.39, 0.29) is 0 Å². The van der Waals surface area contributed by atoms with Crippen molar-refractivity contribution in [2.24, 2.45) is 0 Å². The molecule has 0 aliphatic carbocycles. The molecule has 0 saturated heterocycles. The van der Waals surface area contributed by atoms with E-state index in [1.807, 2.05) is 42.5 Å². The molecule has 0 N–H and O–H groups in total. The summed E-state index contributed by atoms with van der Waals surface area (Å²) in [6, 6.07) is 13.5. The summed E-state index contributed by atoms with van der Waals surface area (Å²) in [5.41, 5.74) is 2.02. The molecule has 0 aliphatic heterocycles. The van der Waals surface area contributed by atoms with Crippen LogP contribution in [0.3, 0.4) is 0 Å². The fourth-order valence-corrected chi connectivity index (χ4v) is 3.75. The Labute approximate surface area is 161 Å². The highest BCUT2D eigenvalue weighted by Gasteiger charge is 2.16. The third-order valence-electron chi connectivity index (χ3n) is 3.73. The first-order valence-electron chi connectivity index (χ1n) is 7.77. The van der Waals surface area contributed by atoms with Crippen molar-refractivity contribution in [3.05, 3.63) is 58.1 Å². The summed E-state index contributed by atoms with van der Waals surface area (Å²) in [4.78, 5) is 0. The maximum absolute atomic E-state index is 6.08. The highest BCUT2D eigenvalue weighted by molar-refractivity contribution is 7.98. The molecule has 25 heavy (non-hydrogen) atoms. The van der Waals surface area contributed by atoms with Gasteiger partial charge in [-0.15, -0.1) is 10.2 Å². The molecule has 0 fully saturated rings. The molecule has 1 aromatic heterocycles. The summed E-state index contributed by atoms with van der Waals surface area (Å²) >= 11 is 13.7. The van der Waals surface area contributed by atoms with Gasteiger partial charge in [-0.3, -0.25) is 0 Å². The Morgan fingerprint density at radius 2 is 1.88 bits per heavy atom. The van der Waals surface area contributed by atoms with Crippen molar-refractivity contribution in [3.63, 3.8) is 0 Å². The first kappa shape index (κ1) is 18.1. The van der Waals surface area contributed by atoms with E-state index in [9.17, 15) is 0 Å². The standard InChI is InChI=1S/C18H17Cl2N3OS/c1-3-23-17(13-6-4-5-7-16(13)24-2)21-22-18(23)25-11-12-8-9-14(19)15(20)10-12/h4-10H,3,11H2,1-2H3. The zero-order valence-corrected chi connectivity index (χ0v) is 16.2. The van der Waals surface area contributed by atoms with Crippen molar-refractivity contribution in [1.29, 1.82) is 0 Å². The Balaban J connectivity index is 1.86. The first-order chi connectivity index (χ1) is 12.1. The summed E-state index contributed by atoms with van der Waals surface area (Å²) in [6.07, 6.45) is 0. The van der Waals surface area contributed by atoms with Crippen LogP contribution in [0.25, 0.3) is 11.4 Å². The number of halogens is 2. The Bertz CT molecular complexity index is 883. The number of thioether (sulfide) groups is 1. The van der Waals surface area contributed by atoms with Gasteiger partial charge in [0.2, 0.25) is 0 Å². The normalized spacial score (nSPS) is 10.9. The van der Waals surface area contributed by atoms with Crippen LogP contribution in [0.5, 0.6) is 5.75 Å². The molecular formula is C18H17Cl2N3OS. The average Bonchev–Trinajstić information content (AvgIpc) is 3.05. The average molecular weight is 394 g/mol. The molecule has 0 unspecified atom stereocenters. The Morgan fingerprint density at radius 1 is 1.08 bits per heavy atom. The first-order valence-corrected chi connectivity index (χ1v) is 9.51. The number of nitrogens with zero attached hydrogens (tertiary/aromatic N) is 3. The van der Waals surface area contributed by atoms with Crippen LogP contribution >= 0.6 is 35.0 Å². The van der Waals surface area contributed by atoms with E-state index < -0.39 is 0 Å². The van der Waals surface area contributed by atoms with Crippen LogP contribution < -0.4 is 4.74 Å². The van der Waals surface area contributed by atoms with Crippen molar-refractivity contribution >= 4 is 35.0 Å². The van der Waals surface area contributed by atoms with E-state index in [0.29, 0.717) is 10.0 Å². The lowest BCUT2D eigenvalue weighted by Crippen LogP contribution is -2.01. The van der Waals surface area contributed by atoms with Crippen LogP contribution in [-0.4, -0.2) is 21.9 Å². The predicted octanol–water partition coefficient (Wildman–Crippen LogP) is 5.57. The van der Waals surface area contributed by atoms with Gasteiger partial charge in [-0.25, -0.2) is 0 Å². The summed E-state index contributed by atoms with van der Waals surface area (Å²) in [6.45, 7) is 2.84. The zero-order valence-electron chi connectivity index (χ0n) is 13.9. The van der Waals surface area contributed by atoms with Gasteiger partial charge in [0.25, 0.3) is 0 Å². The maximum Gasteiger partial charge on any atom is 0.191 e. The van der Waals surface area contributed by atoms with Crippen molar-refractivity contribution in [2.75, 3.05) is 7.11 Å². The molecule has 0 bridgehead atoms. The third-order valence-corrected chi connectivity index (χ3v) is 5.51.